The molecular formula is C15H12O5S. The van der Waals surface area contributed by atoms with Gasteiger partial charge in [-0.1, -0.05) is 12.1 Å². The van der Waals surface area contributed by atoms with Crippen LogP contribution in [0.15, 0.2) is 36.4 Å². The Labute approximate surface area is 124 Å². The van der Waals surface area contributed by atoms with Gasteiger partial charge in [-0.25, -0.2) is 4.79 Å². The van der Waals surface area contributed by atoms with E-state index in [1.54, 1.807) is 18.2 Å². The Balaban J connectivity index is 2.16. The number of thiophene rings is 1. The predicted octanol–water partition coefficient (Wildman–Crippen LogP) is 3.06. The fourth-order valence-electron chi connectivity index (χ4n) is 1.64. The Bertz CT molecular complexity index is 715. The number of carbonyl (C=O) groups is 2. The van der Waals surface area contributed by atoms with Crippen molar-refractivity contribution in [3.63, 3.8) is 0 Å². The van der Waals surface area contributed by atoms with Crippen LogP contribution in [0.3, 0.4) is 0 Å². The molecule has 1 aromatic heterocycles. The number of methoxy groups -OCH3 is 1. The summed E-state index contributed by atoms with van der Waals surface area (Å²) < 4.78 is 4.97. The topological polar surface area (TPSA) is 83.8 Å². The van der Waals surface area contributed by atoms with Gasteiger partial charge in [0.05, 0.1) is 12.0 Å². The fraction of sp³-hybridized carbons (Fsp3) is 0.0667. The van der Waals surface area contributed by atoms with Crippen molar-refractivity contribution >= 4 is 29.2 Å². The number of carbonyl (C=O) groups excluding carboxylic acids is 1. The highest BCUT2D eigenvalue weighted by molar-refractivity contribution is 7.16. The van der Waals surface area contributed by atoms with Gasteiger partial charge in [-0.05, 0) is 35.9 Å². The lowest BCUT2D eigenvalue weighted by molar-refractivity contribution is 0.0702. The highest BCUT2D eigenvalue weighted by atomic mass is 32.1. The summed E-state index contributed by atoms with van der Waals surface area (Å²) in [6.45, 7) is 0. The Kier molecular flexibility index (Phi) is 4.39. The molecule has 2 aromatic rings. The molecule has 0 spiro atoms. The third kappa shape index (κ3) is 3.49. The third-order valence-corrected chi connectivity index (χ3v) is 3.78. The summed E-state index contributed by atoms with van der Waals surface area (Å²) in [6.07, 6.45) is 2.92. The maximum Gasteiger partial charge on any atom is 0.345 e. The number of allylic oxidation sites excluding steroid dienone is 1. The molecule has 0 fully saturated rings. The largest absolute Gasteiger partial charge is 0.504 e. The van der Waals surface area contributed by atoms with Crippen molar-refractivity contribution in [2.24, 2.45) is 0 Å². The Morgan fingerprint density at radius 1 is 1.19 bits per heavy atom. The molecule has 2 N–H and O–H groups in total. The molecule has 0 radical (unpaired) electrons. The first kappa shape index (κ1) is 14.8. The third-order valence-electron chi connectivity index (χ3n) is 2.69. The molecule has 0 saturated carbocycles. The summed E-state index contributed by atoms with van der Waals surface area (Å²) in [5.41, 5.74) is 0.688. The zero-order valence-electron chi connectivity index (χ0n) is 11.1. The van der Waals surface area contributed by atoms with E-state index >= 15 is 0 Å². The van der Waals surface area contributed by atoms with E-state index in [2.05, 4.69) is 0 Å². The van der Waals surface area contributed by atoms with Crippen molar-refractivity contribution in [3.8, 4) is 11.5 Å². The summed E-state index contributed by atoms with van der Waals surface area (Å²) in [5.74, 6) is -0.995. The van der Waals surface area contributed by atoms with Crippen LogP contribution in [0.5, 0.6) is 11.5 Å². The van der Waals surface area contributed by atoms with Crippen LogP contribution in [0.1, 0.15) is 24.9 Å². The van der Waals surface area contributed by atoms with E-state index in [9.17, 15) is 14.7 Å². The molecule has 0 aliphatic heterocycles. The molecule has 1 aromatic carbocycles. The lowest BCUT2D eigenvalue weighted by Crippen LogP contribution is -1.91. The maximum atomic E-state index is 11.9. The highest BCUT2D eigenvalue weighted by Gasteiger charge is 2.10. The molecule has 0 amide bonds. The van der Waals surface area contributed by atoms with Crippen molar-refractivity contribution in [1.82, 2.24) is 0 Å². The monoisotopic (exact) mass is 304 g/mol. The maximum absolute atomic E-state index is 11.9. The number of ketones is 1. The molecule has 108 valence electrons. The van der Waals surface area contributed by atoms with E-state index in [4.69, 9.17) is 9.84 Å². The molecule has 0 atom stereocenters. The molecule has 0 saturated heterocycles. The number of rotatable bonds is 5. The van der Waals surface area contributed by atoms with E-state index in [1.165, 1.54) is 31.4 Å². The number of hydrogen-bond donors (Lipinski definition) is 2. The van der Waals surface area contributed by atoms with Gasteiger partial charge in [0.25, 0.3) is 0 Å². The summed E-state index contributed by atoms with van der Waals surface area (Å²) in [5, 5.41) is 18.3. The number of carboxylic acid groups (broad SMARTS) is 1. The molecule has 0 bridgehead atoms. The predicted molar refractivity (Wildman–Crippen MR) is 79.3 cm³/mol. The normalized spacial score (nSPS) is 10.7. The molecule has 2 rings (SSSR count). The van der Waals surface area contributed by atoms with E-state index in [-0.39, 0.29) is 16.4 Å². The highest BCUT2D eigenvalue weighted by Crippen LogP contribution is 2.27. The second kappa shape index (κ2) is 6.23. The van der Waals surface area contributed by atoms with Gasteiger partial charge in [0, 0.05) is 0 Å². The van der Waals surface area contributed by atoms with E-state index in [1.807, 2.05) is 0 Å². The van der Waals surface area contributed by atoms with Gasteiger partial charge in [-0.15, -0.1) is 11.3 Å². The van der Waals surface area contributed by atoms with Crippen molar-refractivity contribution < 1.29 is 24.5 Å². The molecule has 0 unspecified atom stereocenters. The average Bonchev–Trinajstić information content (AvgIpc) is 2.96. The smallest absolute Gasteiger partial charge is 0.345 e. The van der Waals surface area contributed by atoms with Crippen LogP contribution in [0.25, 0.3) is 6.08 Å². The molecular weight excluding hydrogens is 292 g/mol. The van der Waals surface area contributed by atoms with Crippen LogP contribution >= 0.6 is 11.3 Å². The van der Waals surface area contributed by atoms with Gasteiger partial charge in [0.1, 0.15) is 4.88 Å². The number of aromatic carboxylic acids is 1. The average molecular weight is 304 g/mol. The lowest BCUT2D eigenvalue weighted by atomic mass is 10.1. The van der Waals surface area contributed by atoms with Crippen molar-refractivity contribution in [2.45, 2.75) is 0 Å². The van der Waals surface area contributed by atoms with E-state index in [0.29, 0.717) is 16.2 Å². The van der Waals surface area contributed by atoms with Crippen molar-refractivity contribution in [2.75, 3.05) is 7.11 Å². The second-order valence-electron chi connectivity index (χ2n) is 4.10. The fourth-order valence-corrected chi connectivity index (χ4v) is 2.40. The number of phenolic OH excluding ortho intramolecular Hbond substituents is 1. The number of aromatic hydroxyl groups is 1. The number of ether oxygens (including phenoxy) is 1. The molecule has 6 heteroatoms. The first-order chi connectivity index (χ1) is 10.0. The SMILES string of the molecule is COc1cc(/C=C/C(=O)c2ccc(C(=O)O)s2)ccc1O. The van der Waals surface area contributed by atoms with Crippen LogP contribution in [0.2, 0.25) is 0 Å². The quantitative estimate of drug-likeness (QED) is 0.655. The Morgan fingerprint density at radius 3 is 2.52 bits per heavy atom. The van der Waals surface area contributed by atoms with Crippen LogP contribution < -0.4 is 4.74 Å². The summed E-state index contributed by atoms with van der Waals surface area (Å²) in [7, 11) is 1.44. The van der Waals surface area contributed by atoms with Gasteiger partial charge in [0.15, 0.2) is 17.3 Å². The van der Waals surface area contributed by atoms with Crippen LogP contribution in [0.4, 0.5) is 0 Å². The van der Waals surface area contributed by atoms with Gasteiger partial charge in [-0.2, -0.15) is 0 Å². The minimum atomic E-state index is -1.05. The minimum absolute atomic E-state index is 0.0188. The standard InChI is InChI=1S/C15H12O5S/c1-20-12-8-9(2-4-10(12)16)3-5-11(17)13-6-7-14(21-13)15(18)19/h2-8,16H,1H3,(H,18,19)/b5-3+. The number of hydrogen-bond acceptors (Lipinski definition) is 5. The zero-order valence-corrected chi connectivity index (χ0v) is 11.9. The van der Waals surface area contributed by atoms with Crippen LogP contribution in [-0.4, -0.2) is 29.1 Å². The van der Waals surface area contributed by atoms with Gasteiger partial charge < -0.3 is 14.9 Å². The second-order valence-corrected chi connectivity index (χ2v) is 5.18. The summed E-state index contributed by atoms with van der Waals surface area (Å²) >= 11 is 0.929. The van der Waals surface area contributed by atoms with Crippen molar-refractivity contribution in [1.29, 1.82) is 0 Å². The molecule has 21 heavy (non-hydrogen) atoms. The Hall–Kier alpha value is -2.60. The number of carboxylic acids is 1. The summed E-state index contributed by atoms with van der Waals surface area (Å²) in [6, 6.07) is 7.58. The van der Waals surface area contributed by atoms with Gasteiger partial charge in [0.2, 0.25) is 0 Å². The molecule has 5 nitrogen and oxygen atoms in total. The molecule has 1 heterocycles. The van der Waals surface area contributed by atoms with Gasteiger partial charge >= 0.3 is 5.97 Å². The number of benzene rings is 1. The first-order valence-corrected chi connectivity index (χ1v) is 6.75. The molecule has 0 aliphatic rings. The van der Waals surface area contributed by atoms with Crippen LogP contribution in [-0.2, 0) is 0 Å². The summed E-state index contributed by atoms with van der Waals surface area (Å²) in [4.78, 5) is 23.2. The van der Waals surface area contributed by atoms with E-state index < -0.39 is 5.97 Å². The lowest BCUT2D eigenvalue weighted by Gasteiger charge is -2.03. The minimum Gasteiger partial charge on any atom is -0.504 e. The van der Waals surface area contributed by atoms with Gasteiger partial charge in [-0.3, -0.25) is 4.79 Å². The number of phenols is 1. The van der Waals surface area contributed by atoms with Crippen molar-refractivity contribution in [3.05, 3.63) is 51.7 Å². The first-order valence-electron chi connectivity index (χ1n) is 5.94. The zero-order chi connectivity index (χ0) is 15.4. The van der Waals surface area contributed by atoms with E-state index in [0.717, 1.165) is 11.3 Å². The molecule has 0 aliphatic carbocycles. The van der Waals surface area contributed by atoms with Crippen LogP contribution in [0, 0.1) is 0 Å². The Morgan fingerprint density at radius 2 is 1.90 bits per heavy atom.